The average Bonchev–Trinajstić information content (AvgIpc) is 2.65. The predicted molar refractivity (Wildman–Crippen MR) is 110 cm³/mol. The largest absolute Gasteiger partial charge is 0.481 e. The van der Waals surface area contributed by atoms with Gasteiger partial charge in [-0.25, -0.2) is 13.1 Å². The maximum Gasteiger partial charge on any atom is 0.260 e. The van der Waals surface area contributed by atoms with Gasteiger partial charge in [-0.2, -0.15) is 0 Å². The van der Waals surface area contributed by atoms with E-state index in [1.54, 1.807) is 31.2 Å². The normalized spacial score (nSPS) is 12.6. The van der Waals surface area contributed by atoms with E-state index in [0.717, 1.165) is 11.1 Å². The van der Waals surface area contributed by atoms with Crippen molar-refractivity contribution in [3.63, 3.8) is 0 Å². The SMILES string of the molecule is Cc1ccc(S(=O)(=O)NCCNC(=O)C(C)Oc2cccc(C(C)C)c2)cc1. The predicted octanol–water partition coefficient (Wildman–Crippen LogP) is 2.98. The number of ether oxygens (including phenoxy) is 1. The molecule has 152 valence electrons. The molecule has 0 heterocycles. The Morgan fingerprint density at radius 2 is 1.71 bits per heavy atom. The molecule has 0 radical (unpaired) electrons. The van der Waals surface area contributed by atoms with Crippen LogP contribution in [0.1, 0.15) is 37.8 Å². The Hall–Kier alpha value is -2.38. The molecule has 2 rings (SSSR count). The number of carbonyl (C=O) groups excluding carboxylic acids is 1. The number of carbonyl (C=O) groups is 1. The summed E-state index contributed by atoms with van der Waals surface area (Å²) in [7, 11) is -3.59. The lowest BCUT2D eigenvalue weighted by atomic mass is 10.0. The zero-order valence-electron chi connectivity index (χ0n) is 16.7. The van der Waals surface area contributed by atoms with Crippen molar-refractivity contribution in [2.24, 2.45) is 0 Å². The van der Waals surface area contributed by atoms with Crippen LogP contribution in [0.3, 0.4) is 0 Å². The summed E-state index contributed by atoms with van der Waals surface area (Å²) in [4.78, 5) is 12.4. The van der Waals surface area contributed by atoms with E-state index >= 15 is 0 Å². The highest BCUT2D eigenvalue weighted by molar-refractivity contribution is 7.89. The molecule has 1 amide bonds. The number of nitrogens with one attached hydrogen (secondary N) is 2. The second-order valence-electron chi connectivity index (χ2n) is 6.99. The first-order chi connectivity index (χ1) is 13.2. The van der Waals surface area contributed by atoms with Gasteiger partial charge in [0.15, 0.2) is 6.10 Å². The lowest BCUT2D eigenvalue weighted by Crippen LogP contribution is -2.40. The number of hydrogen-bond acceptors (Lipinski definition) is 4. The van der Waals surface area contributed by atoms with Crippen molar-refractivity contribution < 1.29 is 17.9 Å². The second-order valence-corrected chi connectivity index (χ2v) is 8.76. The Morgan fingerprint density at radius 3 is 2.36 bits per heavy atom. The van der Waals surface area contributed by atoms with Crippen molar-refractivity contribution in [3.8, 4) is 5.75 Å². The summed E-state index contributed by atoms with van der Waals surface area (Å²) in [6.45, 7) is 8.00. The third kappa shape index (κ3) is 6.35. The summed E-state index contributed by atoms with van der Waals surface area (Å²) in [5, 5.41) is 2.68. The minimum atomic E-state index is -3.59. The van der Waals surface area contributed by atoms with E-state index in [1.165, 1.54) is 0 Å². The molecule has 0 aromatic heterocycles. The van der Waals surface area contributed by atoms with Crippen LogP contribution in [0.4, 0.5) is 0 Å². The molecular formula is C21H28N2O4S. The standard InChI is InChI=1S/C21H28N2O4S/c1-15(2)18-6-5-7-19(14-18)27-17(4)21(24)22-12-13-23-28(25,26)20-10-8-16(3)9-11-20/h5-11,14-15,17,23H,12-13H2,1-4H3,(H,22,24). The number of sulfonamides is 1. The quantitative estimate of drug-likeness (QED) is 0.629. The van der Waals surface area contributed by atoms with Crippen LogP contribution in [0.2, 0.25) is 0 Å². The number of hydrogen-bond donors (Lipinski definition) is 2. The third-order valence-electron chi connectivity index (χ3n) is 4.25. The van der Waals surface area contributed by atoms with Crippen LogP contribution in [-0.4, -0.2) is 33.5 Å². The van der Waals surface area contributed by atoms with Crippen LogP contribution in [0, 0.1) is 6.92 Å². The maximum absolute atomic E-state index is 12.2. The molecule has 2 aromatic rings. The van der Waals surface area contributed by atoms with E-state index in [1.807, 2.05) is 31.2 Å². The highest BCUT2D eigenvalue weighted by Gasteiger charge is 2.16. The Labute approximate surface area is 167 Å². The fourth-order valence-corrected chi connectivity index (χ4v) is 3.55. The molecule has 1 atom stereocenters. The van der Waals surface area contributed by atoms with Crippen molar-refractivity contribution in [2.45, 2.75) is 44.6 Å². The molecule has 1 unspecified atom stereocenters. The second kappa shape index (κ2) is 9.71. The Morgan fingerprint density at radius 1 is 1.04 bits per heavy atom. The minimum absolute atomic E-state index is 0.0947. The number of aryl methyl sites for hydroxylation is 1. The van der Waals surface area contributed by atoms with Crippen molar-refractivity contribution in [3.05, 3.63) is 59.7 Å². The molecule has 0 saturated carbocycles. The zero-order chi connectivity index (χ0) is 20.7. The van der Waals surface area contributed by atoms with Crippen molar-refractivity contribution >= 4 is 15.9 Å². The van der Waals surface area contributed by atoms with Gasteiger partial charge in [-0.05, 0) is 49.6 Å². The third-order valence-corrected chi connectivity index (χ3v) is 5.73. The molecule has 6 nitrogen and oxygen atoms in total. The first-order valence-electron chi connectivity index (χ1n) is 9.29. The summed E-state index contributed by atoms with van der Waals surface area (Å²) in [6.07, 6.45) is -0.684. The highest BCUT2D eigenvalue weighted by Crippen LogP contribution is 2.21. The Balaban J connectivity index is 1.80. The van der Waals surface area contributed by atoms with Gasteiger partial charge in [0.25, 0.3) is 5.91 Å². The van der Waals surface area contributed by atoms with Gasteiger partial charge in [0, 0.05) is 13.1 Å². The molecular weight excluding hydrogens is 376 g/mol. The highest BCUT2D eigenvalue weighted by atomic mass is 32.2. The summed E-state index contributed by atoms with van der Waals surface area (Å²) < 4.78 is 32.6. The van der Waals surface area contributed by atoms with Crippen molar-refractivity contribution in [1.29, 1.82) is 0 Å². The van der Waals surface area contributed by atoms with Crippen LogP contribution in [0.5, 0.6) is 5.75 Å². The number of amides is 1. The molecule has 0 saturated heterocycles. The smallest absolute Gasteiger partial charge is 0.260 e. The molecule has 0 aliphatic carbocycles. The van der Waals surface area contributed by atoms with Gasteiger partial charge in [-0.3, -0.25) is 4.79 Å². The first-order valence-corrected chi connectivity index (χ1v) is 10.8. The Kier molecular flexibility index (Phi) is 7.60. The molecule has 0 fully saturated rings. The monoisotopic (exact) mass is 404 g/mol. The number of rotatable bonds is 9. The van der Waals surface area contributed by atoms with Gasteiger partial charge in [0.1, 0.15) is 5.75 Å². The Bertz CT molecular complexity index is 893. The molecule has 28 heavy (non-hydrogen) atoms. The molecule has 0 spiro atoms. The summed E-state index contributed by atoms with van der Waals surface area (Å²) in [6, 6.07) is 14.2. The van der Waals surface area contributed by atoms with Gasteiger partial charge in [0.2, 0.25) is 10.0 Å². The van der Waals surface area contributed by atoms with Crippen LogP contribution < -0.4 is 14.8 Å². The minimum Gasteiger partial charge on any atom is -0.481 e. The van der Waals surface area contributed by atoms with E-state index in [4.69, 9.17) is 4.74 Å². The molecule has 0 bridgehead atoms. The molecule has 2 aromatic carbocycles. The van der Waals surface area contributed by atoms with Crippen molar-refractivity contribution in [1.82, 2.24) is 10.0 Å². The van der Waals surface area contributed by atoms with Gasteiger partial charge in [-0.1, -0.05) is 43.7 Å². The lowest BCUT2D eigenvalue weighted by molar-refractivity contribution is -0.127. The van der Waals surface area contributed by atoms with Crippen LogP contribution >= 0.6 is 0 Å². The van der Waals surface area contributed by atoms with Crippen LogP contribution in [-0.2, 0) is 14.8 Å². The fourth-order valence-electron chi connectivity index (χ4n) is 2.52. The van der Waals surface area contributed by atoms with E-state index in [-0.39, 0.29) is 23.9 Å². The maximum atomic E-state index is 12.2. The van der Waals surface area contributed by atoms with Gasteiger partial charge < -0.3 is 10.1 Å². The summed E-state index contributed by atoms with van der Waals surface area (Å²) in [5.74, 6) is 0.702. The van der Waals surface area contributed by atoms with Crippen LogP contribution in [0.15, 0.2) is 53.4 Å². The van der Waals surface area contributed by atoms with E-state index in [2.05, 4.69) is 23.9 Å². The summed E-state index contributed by atoms with van der Waals surface area (Å²) >= 11 is 0. The van der Waals surface area contributed by atoms with E-state index in [0.29, 0.717) is 11.7 Å². The fraction of sp³-hybridized carbons (Fsp3) is 0.381. The van der Waals surface area contributed by atoms with Gasteiger partial charge in [-0.15, -0.1) is 0 Å². The van der Waals surface area contributed by atoms with Crippen molar-refractivity contribution in [2.75, 3.05) is 13.1 Å². The van der Waals surface area contributed by atoms with Gasteiger partial charge in [0.05, 0.1) is 4.90 Å². The lowest BCUT2D eigenvalue weighted by Gasteiger charge is -2.16. The molecule has 7 heteroatoms. The number of benzene rings is 2. The molecule has 0 aliphatic rings. The van der Waals surface area contributed by atoms with E-state index in [9.17, 15) is 13.2 Å². The molecule has 0 aliphatic heterocycles. The van der Waals surface area contributed by atoms with Gasteiger partial charge >= 0.3 is 0 Å². The first kappa shape index (κ1) is 21.9. The zero-order valence-corrected chi connectivity index (χ0v) is 17.5. The topological polar surface area (TPSA) is 84.5 Å². The average molecular weight is 405 g/mol. The molecule has 2 N–H and O–H groups in total. The summed E-state index contributed by atoms with van der Waals surface area (Å²) in [5.41, 5.74) is 2.12. The van der Waals surface area contributed by atoms with E-state index < -0.39 is 16.1 Å². The van der Waals surface area contributed by atoms with Crippen LogP contribution in [0.25, 0.3) is 0 Å².